The van der Waals surface area contributed by atoms with Crippen LogP contribution in [0.1, 0.15) is 59.8 Å². The number of carbonyl (C=O) groups excluding carboxylic acids is 1. The predicted octanol–water partition coefficient (Wildman–Crippen LogP) is 4.84. The van der Waals surface area contributed by atoms with Crippen molar-refractivity contribution >= 4 is 5.97 Å². The summed E-state index contributed by atoms with van der Waals surface area (Å²) in [6, 6.07) is 0. The average molecular weight is 316 g/mol. The Morgan fingerprint density at radius 3 is 2.52 bits per heavy atom. The molecule has 128 valence electrons. The van der Waals surface area contributed by atoms with Gasteiger partial charge in [0.05, 0.1) is 5.92 Å². The first-order valence-corrected chi connectivity index (χ1v) is 9.89. The van der Waals surface area contributed by atoms with Crippen LogP contribution in [0.3, 0.4) is 0 Å². The lowest BCUT2D eigenvalue weighted by atomic mass is 9.69. The Bertz CT molecular complexity index is 524. The molecule has 0 saturated heterocycles. The molecule has 0 aromatic carbocycles. The van der Waals surface area contributed by atoms with E-state index in [1.165, 1.54) is 12.8 Å². The molecule has 9 unspecified atom stereocenters. The summed E-state index contributed by atoms with van der Waals surface area (Å²) in [6.07, 6.45) is 10.6. The van der Waals surface area contributed by atoms with Gasteiger partial charge < -0.3 is 4.74 Å². The molecule has 3 saturated carbocycles. The molecular weight excluding hydrogens is 284 g/mol. The zero-order valence-electron chi connectivity index (χ0n) is 15.1. The molecule has 4 rings (SSSR count). The summed E-state index contributed by atoms with van der Waals surface area (Å²) in [5.74, 6) is 5.41. The van der Waals surface area contributed by atoms with Crippen molar-refractivity contribution in [2.24, 2.45) is 47.3 Å². The fourth-order valence-electron chi connectivity index (χ4n) is 6.55. The molecular formula is C21H32O2. The van der Waals surface area contributed by atoms with Crippen LogP contribution in [0.4, 0.5) is 0 Å². The molecule has 0 heterocycles. The van der Waals surface area contributed by atoms with Gasteiger partial charge in [-0.3, -0.25) is 4.79 Å². The minimum atomic E-state index is -0.290. The fourth-order valence-corrected chi connectivity index (χ4v) is 6.55. The first-order chi connectivity index (χ1) is 11.0. The summed E-state index contributed by atoms with van der Waals surface area (Å²) in [5.41, 5.74) is -0.290. The van der Waals surface area contributed by atoms with E-state index in [2.05, 4.69) is 39.8 Å². The normalized spacial score (nSPS) is 46.7. The number of rotatable bonds is 5. The van der Waals surface area contributed by atoms with Gasteiger partial charge in [-0.25, -0.2) is 0 Å². The molecule has 0 radical (unpaired) electrons. The number of ether oxygens (including phenoxy) is 1. The van der Waals surface area contributed by atoms with Gasteiger partial charge in [0.15, 0.2) is 0 Å². The highest BCUT2D eigenvalue weighted by atomic mass is 16.6. The van der Waals surface area contributed by atoms with E-state index in [-0.39, 0.29) is 17.5 Å². The molecule has 23 heavy (non-hydrogen) atoms. The highest BCUT2D eigenvalue weighted by Gasteiger charge is 2.62. The number of hydrogen-bond acceptors (Lipinski definition) is 2. The van der Waals surface area contributed by atoms with Gasteiger partial charge in [-0.15, -0.1) is 0 Å². The number of allylic oxidation sites excluding steroid dienone is 2. The van der Waals surface area contributed by atoms with E-state index in [0.717, 1.165) is 48.9 Å². The lowest BCUT2D eigenvalue weighted by Gasteiger charge is -2.39. The first kappa shape index (κ1) is 15.7. The lowest BCUT2D eigenvalue weighted by Crippen LogP contribution is -2.42. The standard InChI is InChI=1S/C21H32O2/c1-5-12(3)21(4,6-2)23-20(22)17-11-15-10-16(17)19-14-8-7-13(9-14)18(15)19/h7-8,12-19H,5-6,9-11H2,1-4H3. The van der Waals surface area contributed by atoms with Crippen LogP contribution < -0.4 is 0 Å². The van der Waals surface area contributed by atoms with Gasteiger partial charge in [0, 0.05) is 0 Å². The molecule has 4 aliphatic rings. The zero-order valence-corrected chi connectivity index (χ0v) is 15.1. The van der Waals surface area contributed by atoms with Crippen molar-refractivity contribution in [3.63, 3.8) is 0 Å². The molecule has 4 bridgehead atoms. The van der Waals surface area contributed by atoms with Crippen LogP contribution in [0, 0.1) is 47.3 Å². The van der Waals surface area contributed by atoms with Crippen LogP contribution in [-0.4, -0.2) is 11.6 Å². The number of carbonyl (C=O) groups is 1. The molecule has 3 fully saturated rings. The van der Waals surface area contributed by atoms with Gasteiger partial charge in [-0.1, -0.05) is 32.9 Å². The van der Waals surface area contributed by atoms with Gasteiger partial charge >= 0.3 is 5.97 Å². The highest BCUT2D eigenvalue weighted by Crippen LogP contribution is 2.67. The summed E-state index contributed by atoms with van der Waals surface area (Å²) >= 11 is 0. The molecule has 0 aliphatic heterocycles. The second-order valence-corrected chi connectivity index (χ2v) is 9.00. The van der Waals surface area contributed by atoms with E-state index in [1.807, 2.05) is 0 Å². The maximum absolute atomic E-state index is 13.0. The molecule has 9 atom stereocenters. The van der Waals surface area contributed by atoms with E-state index in [4.69, 9.17) is 4.74 Å². The molecule has 0 spiro atoms. The Morgan fingerprint density at radius 1 is 1.17 bits per heavy atom. The largest absolute Gasteiger partial charge is 0.459 e. The van der Waals surface area contributed by atoms with Crippen LogP contribution in [-0.2, 0) is 9.53 Å². The minimum Gasteiger partial charge on any atom is -0.459 e. The molecule has 0 amide bonds. The quantitative estimate of drug-likeness (QED) is 0.412. The molecule has 2 heteroatoms. The van der Waals surface area contributed by atoms with Crippen molar-refractivity contribution in [1.82, 2.24) is 0 Å². The third-order valence-corrected chi connectivity index (χ3v) is 8.26. The summed E-state index contributed by atoms with van der Waals surface area (Å²) in [6.45, 7) is 8.69. The van der Waals surface area contributed by atoms with Crippen molar-refractivity contribution < 1.29 is 9.53 Å². The van der Waals surface area contributed by atoms with Crippen molar-refractivity contribution in [2.45, 2.75) is 65.4 Å². The topological polar surface area (TPSA) is 26.3 Å². The summed E-state index contributed by atoms with van der Waals surface area (Å²) in [5, 5.41) is 0. The molecule has 4 aliphatic carbocycles. The predicted molar refractivity (Wildman–Crippen MR) is 91.7 cm³/mol. The maximum Gasteiger partial charge on any atom is 0.309 e. The van der Waals surface area contributed by atoms with E-state index < -0.39 is 0 Å². The van der Waals surface area contributed by atoms with Crippen molar-refractivity contribution in [2.75, 3.05) is 0 Å². The third kappa shape index (κ3) is 2.16. The van der Waals surface area contributed by atoms with E-state index in [0.29, 0.717) is 11.8 Å². The van der Waals surface area contributed by atoms with E-state index in [9.17, 15) is 4.79 Å². The third-order valence-electron chi connectivity index (χ3n) is 8.26. The molecule has 2 nitrogen and oxygen atoms in total. The molecule has 0 N–H and O–H groups in total. The first-order valence-electron chi connectivity index (χ1n) is 9.89. The van der Waals surface area contributed by atoms with Crippen LogP contribution in [0.2, 0.25) is 0 Å². The lowest BCUT2D eigenvalue weighted by molar-refractivity contribution is -0.172. The van der Waals surface area contributed by atoms with Gasteiger partial charge in [-0.2, -0.15) is 0 Å². The monoisotopic (exact) mass is 316 g/mol. The summed E-state index contributed by atoms with van der Waals surface area (Å²) < 4.78 is 6.15. The summed E-state index contributed by atoms with van der Waals surface area (Å²) in [4.78, 5) is 13.0. The number of esters is 1. The van der Waals surface area contributed by atoms with Crippen molar-refractivity contribution in [3.8, 4) is 0 Å². The van der Waals surface area contributed by atoms with Gasteiger partial charge in [-0.05, 0) is 80.5 Å². The molecule has 0 aromatic heterocycles. The second-order valence-electron chi connectivity index (χ2n) is 9.00. The van der Waals surface area contributed by atoms with Gasteiger partial charge in [0.25, 0.3) is 0 Å². The van der Waals surface area contributed by atoms with Crippen LogP contribution in [0.5, 0.6) is 0 Å². The minimum absolute atomic E-state index is 0.118. The van der Waals surface area contributed by atoms with Crippen LogP contribution >= 0.6 is 0 Å². The number of hydrogen-bond donors (Lipinski definition) is 0. The van der Waals surface area contributed by atoms with Crippen molar-refractivity contribution in [1.29, 1.82) is 0 Å². The fraction of sp³-hybridized carbons (Fsp3) is 0.857. The SMILES string of the molecule is CCC(C)C(C)(CC)OC(=O)C1CC2CC1C1C3C=CC(C3)C21. The van der Waals surface area contributed by atoms with Crippen molar-refractivity contribution in [3.05, 3.63) is 12.2 Å². The Hall–Kier alpha value is -0.790. The van der Waals surface area contributed by atoms with Gasteiger partial charge in [0.1, 0.15) is 5.60 Å². The average Bonchev–Trinajstić information content (AvgIpc) is 3.30. The highest BCUT2D eigenvalue weighted by molar-refractivity contribution is 5.74. The Morgan fingerprint density at radius 2 is 1.87 bits per heavy atom. The Labute approximate surface area is 141 Å². The van der Waals surface area contributed by atoms with Crippen LogP contribution in [0.25, 0.3) is 0 Å². The van der Waals surface area contributed by atoms with Crippen LogP contribution in [0.15, 0.2) is 12.2 Å². The van der Waals surface area contributed by atoms with Gasteiger partial charge in [0.2, 0.25) is 0 Å². The van der Waals surface area contributed by atoms with E-state index >= 15 is 0 Å². The molecule has 0 aromatic rings. The Balaban J connectivity index is 1.48. The number of fused-ring (bicyclic) bond motifs is 9. The zero-order chi connectivity index (χ0) is 16.4. The smallest absolute Gasteiger partial charge is 0.309 e. The Kier molecular flexibility index (Phi) is 3.66. The maximum atomic E-state index is 13.0. The summed E-state index contributed by atoms with van der Waals surface area (Å²) in [7, 11) is 0. The second kappa shape index (κ2) is 5.36. The van der Waals surface area contributed by atoms with E-state index in [1.54, 1.807) is 0 Å².